The number of hydrogen-bond acceptors (Lipinski definition) is 4. The van der Waals surface area contributed by atoms with Crippen LogP contribution in [0.2, 0.25) is 0 Å². The number of fused-ring (bicyclic) bond motifs is 11. The second kappa shape index (κ2) is 9.87. The average Bonchev–Trinajstić information content (AvgIpc) is 3.74. The highest BCUT2D eigenvalue weighted by Gasteiger charge is 2.52. The number of furan rings is 1. The van der Waals surface area contributed by atoms with E-state index in [0.717, 1.165) is 61.7 Å². The van der Waals surface area contributed by atoms with E-state index in [9.17, 15) is 0 Å². The molecule has 2 aromatic heterocycles. The van der Waals surface area contributed by atoms with Crippen LogP contribution in [-0.4, -0.2) is 9.97 Å². The first-order chi connectivity index (χ1) is 23.3. The predicted molar refractivity (Wildman–Crippen MR) is 185 cm³/mol. The Morgan fingerprint density at radius 2 is 1.17 bits per heavy atom. The zero-order chi connectivity index (χ0) is 31.0. The van der Waals surface area contributed by atoms with Crippen molar-refractivity contribution in [1.82, 2.24) is 9.97 Å². The number of hydrogen-bond donors (Lipinski definition) is 0. The molecule has 2 aliphatic rings. The number of aromatic nitrogens is 2. The first kappa shape index (κ1) is 26.0. The van der Waals surface area contributed by atoms with Crippen molar-refractivity contribution in [2.75, 3.05) is 0 Å². The van der Waals surface area contributed by atoms with E-state index >= 15 is 0 Å². The van der Waals surface area contributed by atoms with E-state index in [1.807, 2.05) is 42.5 Å². The fourth-order valence-electron chi connectivity index (χ4n) is 7.72. The Bertz CT molecular complexity index is 2440. The van der Waals surface area contributed by atoms with Gasteiger partial charge in [0.1, 0.15) is 17.1 Å². The van der Waals surface area contributed by atoms with Crippen LogP contribution in [-0.2, 0) is 5.41 Å². The van der Waals surface area contributed by atoms with Gasteiger partial charge in [0.2, 0.25) is 0 Å². The van der Waals surface area contributed by atoms with E-state index < -0.39 is 5.41 Å². The standard InChI is InChI=1S/C43H26N2O2/c1-3-12-27(13-4-1)36-26-37(45-42(44-36)28-14-5-2-6-15-28)30-17-11-20-35-41(30)47-39-21-10-9-19-33(39)43(35)32-18-8-7-16-29(32)40-31-24-25-46-38(31)23-22-34(40)43/h1-26H. The van der Waals surface area contributed by atoms with Crippen molar-refractivity contribution in [2.45, 2.75) is 5.41 Å². The summed E-state index contributed by atoms with van der Waals surface area (Å²) in [6, 6.07) is 52.7. The Labute approximate surface area is 271 Å². The van der Waals surface area contributed by atoms with Gasteiger partial charge in [-0.1, -0.05) is 121 Å². The van der Waals surface area contributed by atoms with Crippen LogP contribution in [0.3, 0.4) is 0 Å². The van der Waals surface area contributed by atoms with Crippen LogP contribution < -0.4 is 4.74 Å². The van der Waals surface area contributed by atoms with Gasteiger partial charge in [0.05, 0.1) is 23.1 Å². The summed E-state index contributed by atoms with van der Waals surface area (Å²) in [5.74, 6) is 2.31. The molecular weight excluding hydrogens is 576 g/mol. The van der Waals surface area contributed by atoms with Crippen molar-refractivity contribution in [3.8, 4) is 56.5 Å². The third kappa shape index (κ3) is 3.64. The van der Waals surface area contributed by atoms with Crippen LogP contribution in [0.4, 0.5) is 0 Å². The topological polar surface area (TPSA) is 48.2 Å². The third-order valence-corrected chi connectivity index (χ3v) is 9.67. The van der Waals surface area contributed by atoms with Gasteiger partial charge in [0, 0.05) is 33.2 Å². The Hall–Kier alpha value is -6.26. The highest BCUT2D eigenvalue weighted by molar-refractivity contribution is 6.03. The lowest BCUT2D eigenvalue weighted by Gasteiger charge is -2.40. The molecule has 220 valence electrons. The Kier molecular flexibility index (Phi) is 5.46. The molecule has 1 aliphatic heterocycles. The quantitative estimate of drug-likeness (QED) is 0.202. The molecule has 1 atom stereocenters. The number of benzene rings is 6. The average molecular weight is 603 g/mol. The maximum absolute atomic E-state index is 6.96. The maximum atomic E-state index is 6.96. The zero-order valence-corrected chi connectivity index (χ0v) is 25.2. The van der Waals surface area contributed by atoms with E-state index in [4.69, 9.17) is 19.1 Å². The van der Waals surface area contributed by atoms with Crippen molar-refractivity contribution in [3.05, 3.63) is 180 Å². The molecule has 0 radical (unpaired) electrons. The second-order valence-corrected chi connectivity index (χ2v) is 12.1. The van der Waals surface area contributed by atoms with Gasteiger partial charge in [-0.2, -0.15) is 0 Å². The molecule has 8 aromatic rings. The third-order valence-electron chi connectivity index (χ3n) is 9.67. The molecule has 4 heteroatoms. The molecule has 1 aliphatic carbocycles. The van der Waals surface area contributed by atoms with E-state index in [0.29, 0.717) is 5.82 Å². The van der Waals surface area contributed by atoms with Crippen molar-refractivity contribution >= 4 is 11.0 Å². The number of rotatable bonds is 3. The molecule has 10 rings (SSSR count). The molecule has 0 fully saturated rings. The second-order valence-electron chi connectivity index (χ2n) is 12.1. The van der Waals surface area contributed by atoms with Gasteiger partial charge >= 0.3 is 0 Å². The van der Waals surface area contributed by atoms with Gasteiger partial charge in [-0.25, -0.2) is 9.97 Å². The minimum atomic E-state index is -0.602. The monoisotopic (exact) mass is 602 g/mol. The minimum absolute atomic E-state index is 0.602. The van der Waals surface area contributed by atoms with Crippen LogP contribution in [0.15, 0.2) is 162 Å². The van der Waals surface area contributed by atoms with Crippen molar-refractivity contribution in [2.24, 2.45) is 0 Å². The van der Waals surface area contributed by atoms with Gasteiger partial charge in [-0.15, -0.1) is 0 Å². The number of nitrogens with zero attached hydrogens (tertiary/aromatic N) is 2. The lowest BCUT2D eigenvalue weighted by Crippen LogP contribution is -2.32. The first-order valence-corrected chi connectivity index (χ1v) is 15.8. The van der Waals surface area contributed by atoms with Crippen molar-refractivity contribution < 1.29 is 9.15 Å². The van der Waals surface area contributed by atoms with E-state index in [1.54, 1.807) is 6.26 Å². The molecule has 0 bridgehead atoms. The summed E-state index contributed by atoms with van der Waals surface area (Å²) in [6.45, 7) is 0. The summed E-state index contributed by atoms with van der Waals surface area (Å²) in [7, 11) is 0. The van der Waals surface area contributed by atoms with E-state index in [-0.39, 0.29) is 0 Å². The number of para-hydroxylation sites is 2. The zero-order valence-electron chi connectivity index (χ0n) is 25.2. The van der Waals surface area contributed by atoms with E-state index in [1.165, 1.54) is 22.3 Å². The summed E-state index contributed by atoms with van der Waals surface area (Å²) < 4.78 is 12.9. The Morgan fingerprint density at radius 3 is 2.02 bits per heavy atom. The molecule has 0 saturated carbocycles. The summed E-state index contributed by atoms with van der Waals surface area (Å²) in [5.41, 5.74) is 11.9. The fourth-order valence-corrected chi connectivity index (χ4v) is 7.72. The Morgan fingerprint density at radius 1 is 0.489 bits per heavy atom. The summed E-state index contributed by atoms with van der Waals surface area (Å²) >= 11 is 0. The predicted octanol–water partition coefficient (Wildman–Crippen LogP) is 10.7. The lowest BCUT2D eigenvalue weighted by atomic mass is 9.65. The Balaban J connectivity index is 1.29. The van der Waals surface area contributed by atoms with Crippen LogP contribution >= 0.6 is 0 Å². The molecule has 1 spiro atoms. The number of ether oxygens (including phenoxy) is 1. The van der Waals surface area contributed by atoms with E-state index in [2.05, 4.69) is 109 Å². The fraction of sp³-hybridized carbons (Fsp3) is 0.0233. The first-order valence-electron chi connectivity index (χ1n) is 15.8. The normalized spacial score (nSPS) is 15.5. The van der Waals surface area contributed by atoms with Gasteiger partial charge in [-0.05, 0) is 52.6 Å². The SMILES string of the molecule is c1ccc(-c2cc(-c3cccc4c3Oc3ccccc3C43c4ccccc4-c4c3ccc3occc43)nc(-c3ccccc3)n2)cc1. The highest BCUT2D eigenvalue weighted by Crippen LogP contribution is 2.64. The molecule has 1 unspecified atom stereocenters. The van der Waals surface area contributed by atoms with Gasteiger partial charge in [-0.3, -0.25) is 0 Å². The van der Waals surface area contributed by atoms with Crippen LogP contribution in [0.25, 0.3) is 56.0 Å². The lowest BCUT2D eigenvalue weighted by molar-refractivity contribution is 0.438. The summed E-state index contributed by atoms with van der Waals surface area (Å²) in [6.07, 6.45) is 1.78. The van der Waals surface area contributed by atoms with Crippen LogP contribution in [0.5, 0.6) is 11.5 Å². The van der Waals surface area contributed by atoms with Gasteiger partial charge in [0.15, 0.2) is 5.82 Å². The van der Waals surface area contributed by atoms with Crippen LogP contribution in [0.1, 0.15) is 22.3 Å². The highest BCUT2D eigenvalue weighted by atomic mass is 16.5. The molecular formula is C43H26N2O2. The molecule has 0 amide bonds. The molecule has 3 heterocycles. The van der Waals surface area contributed by atoms with Crippen molar-refractivity contribution in [1.29, 1.82) is 0 Å². The van der Waals surface area contributed by atoms with Crippen LogP contribution in [0, 0.1) is 0 Å². The van der Waals surface area contributed by atoms with Crippen molar-refractivity contribution in [3.63, 3.8) is 0 Å². The summed E-state index contributed by atoms with van der Waals surface area (Å²) in [4.78, 5) is 10.2. The summed E-state index contributed by atoms with van der Waals surface area (Å²) in [5, 5.41) is 1.12. The van der Waals surface area contributed by atoms with Gasteiger partial charge in [0.25, 0.3) is 0 Å². The van der Waals surface area contributed by atoms with Gasteiger partial charge < -0.3 is 9.15 Å². The maximum Gasteiger partial charge on any atom is 0.160 e. The molecule has 6 aromatic carbocycles. The molecule has 0 saturated heterocycles. The largest absolute Gasteiger partial charge is 0.464 e. The molecule has 4 nitrogen and oxygen atoms in total. The molecule has 0 N–H and O–H groups in total. The minimum Gasteiger partial charge on any atom is -0.464 e. The molecule has 47 heavy (non-hydrogen) atoms. The smallest absolute Gasteiger partial charge is 0.160 e.